The number of halogens is 2. The van der Waals surface area contributed by atoms with Crippen molar-refractivity contribution < 1.29 is 31.5 Å². The highest BCUT2D eigenvalue weighted by atomic mass is 32.2. The molecule has 9 heteroatoms. The minimum atomic E-state index is -3.58. The van der Waals surface area contributed by atoms with Crippen LogP contribution in [-0.2, 0) is 10.0 Å². The van der Waals surface area contributed by atoms with E-state index in [1.807, 2.05) is 0 Å². The number of ketones is 1. The van der Waals surface area contributed by atoms with E-state index in [-0.39, 0.29) is 27.7 Å². The van der Waals surface area contributed by atoms with E-state index in [0.29, 0.717) is 5.56 Å². The van der Waals surface area contributed by atoms with Gasteiger partial charge in [-0.25, -0.2) is 12.7 Å². The lowest BCUT2D eigenvalue weighted by molar-refractivity contribution is -0.0512. The Balaban J connectivity index is 2.19. The van der Waals surface area contributed by atoms with Crippen molar-refractivity contribution in [2.75, 3.05) is 21.2 Å². The molecule has 6 nitrogen and oxygen atoms in total. The van der Waals surface area contributed by atoms with E-state index in [1.165, 1.54) is 69.8 Å². The molecule has 0 saturated carbocycles. The Morgan fingerprint density at radius 1 is 1.07 bits per heavy atom. The van der Waals surface area contributed by atoms with Crippen LogP contribution >= 0.6 is 0 Å². The van der Waals surface area contributed by atoms with E-state index in [9.17, 15) is 22.0 Å². The van der Waals surface area contributed by atoms with Crippen molar-refractivity contribution in [2.45, 2.75) is 11.5 Å². The Hall–Kier alpha value is -2.78. The molecular formula is C19H19F2NO5S. The van der Waals surface area contributed by atoms with Gasteiger partial charge in [-0.2, -0.15) is 8.78 Å². The number of hydrogen-bond donors (Lipinski definition) is 0. The number of methoxy groups -OCH3 is 1. The van der Waals surface area contributed by atoms with Gasteiger partial charge in [0.1, 0.15) is 0 Å². The Kier molecular flexibility index (Phi) is 6.87. The van der Waals surface area contributed by atoms with Crippen LogP contribution in [0.5, 0.6) is 11.5 Å². The van der Waals surface area contributed by atoms with Crippen LogP contribution < -0.4 is 9.47 Å². The molecule has 0 bridgehead atoms. The maximum atomic E-state index is 12.5. The molecule has 0 aliphatic carbocycles. The van der Waals surface area contributed by atoms with Crippen molar-refractivity contribution in [2.24, 2.45) is 0 Å². The second kappa shape index (κ2) is 8.94. The van der Waals surface area contributed by atoms with Gasteiger partial charge in [0.05, 0.1) is 12.0 Å². The van der Waals surface area contributed by atoms with Gasteiger partial charge in [-0.15, -0.1) is 0 Å². The lowest BCUT2D eigenvalue weighted by Gasteiger charge is -2.11. The van der Waals surface area contributed by atoms with Crippen LogP contribution in [0.15, 0.2) is 53.4 Å². The van der Waals surface area contributed by atoms with Gasteiger partial charge >= 0.3 is 6.61 Å². The Morgan fingerprint density at radius 2 is 1.71 bits per heavy atom. The molecule has 150 valence electrons. The summed E-state index contributed by atoms with van der Waals surface area (Å²) >= 11 is 0. The molecule has 0 amide bonds. The average Bonchev–Trinajstić information content (AvgIpc) is 2.65. The first-order chi connectivity index (χ1) is 13.1. The molecule has 0 N–H and O–H groups in total. The van der Waals surface area contributed by atoms with E-state index >= 15 is 0 Å². The zero-order chi connectivity index (χ0) is 20.9. The summed E-state index contributed by atoms with van der Waals surface area (Å²) in [4.78, 5) is 12.3. The molecule has 2 aromatic rings. The van der Waals surface area contributed by atoms with Gasteiger partial charge in [0, 0.05) is 19.7 Å². The van der Waals surface area contributed by atoms with Crippen LogP contribution in [-0.4, -0.2) is 46.3 Å². The fraction of sp³-hybridized carbons (Fsp3) is 0.211. The van der Waals surface area contributed by atoms with Gasteiger partial charge in [0.2, 0.25) is 10.0 Å². The standard InChI is InChI=1S/C19H19F2NO5S/c1-22(2)28(24,25)15-8-6-14(7-9-15)16(23)10-4-13-5-11-17(26-3)18(12-13)27-19(20)21/h4-12,19H,1-3H3/b10-4+. The maximum absolute atomic E-state index is 12.5. The molecule has 0 spiro atoms. The second-order valence-corrected chi connectivity index (χ2v) is 7.95. The summed E-state index contributed by atoms with van der Waals surface area (Å²) < 4.78 is 59.4. The van der Waals surface area contributed by atoms with Crippen molar-refractivity contribution in [1.82, 2.24) is 4.31 Å². The van der Waals surface area contributed by atoms with E-state index in [4.69, 9.17) is 4.74 Å². The topological polar surface area (TPSA) is 72.9 Å². The molecule has 0 aromatic heterocycles. The van der Waals surface area contributed by atoms with Crippen molar-refractivity contribution in [3.8, 4) is 11.5 Å². The number of carbonyl (C=O) groups is 1. The zero-order valence-electron chi connectivity index (χ0n) is 15.4. The summed E-state index contributed by atoms with van der Waals surface area (Å²) in [5.41, 5.74) is 0.739. The smallest absolute Gasteiger partial charge is 0.387 e. The Labute approximate surface area is 162 Å². The van der Waals surface area contributed by atoms with Crippen LogP contribution in [0.25, 0.3) is 6.08 Å². The monoisotopic (exact) mass is 411 g/mol. The van der Waals surface area contributed by atoms with Crippen LogP contribution in [0, 0.1) is 0 Å². The number of benzene rings is 2. The molecule has 0 unspecified atom stereocenters. The van der Waals surface area contributed by atoms with Crippen molar-refractivity contribution >= 4 is 21.9 Å². The molecule has 0 radical (unpaired) electrons. The fourth-order valence-electron chi connectivity index (χ4n) is 2.26. The molecule has 0 aliphatic heterocycles. The summed E-state index contributed by atoms with van der Waals surface area (Å²) in [6.45, 7) is -3.01. The summed E-state index contributed by atoms with van der Waals surface area (Å²) in [6.07, 6.45) is 2.69. The summed E-state index contributed by atoms with van der Waals surface area (Å²) in [7, 11) is 0.577. The SMILES string of the molecule is COc1ccc(/C=C/C(=O)c2ccc(S(=O)(=O)N(C)C)cc2)cc1OC(F)F. The molecule has 0 heterocycles. The van der Waals surface area contributed by atoms with Crippen LogP contribution in [0.4, 0.5) is 8.78 Å². The largest absolute Gasteiger partial charge is 0.493 e. The highest BCUT2D eigenvalue weighted by molar-refractivity contribution is 7.89. The summed E-state index contributed by atoms with van der Waals surface area (Å²) in [5.74, 6) is -0.382. The zero-order valence-corrected chi connectivity index (χ0v) is 16.2. The van der Waals surface area contributed by atoms with E-state index in [0.717, 1.165) is 4.31 Å². The van der Waals surface area contributed by atoms with Crippen molar-refractivity contribution in [3.63, 3.8) is 0 Å². The van der Waals surface area contributed by atoms with Gasteiger partial charge in [-0.3, -0.25) is 4.79 Å². The first-order valence-corrected chi connectivity index (χ1v) is 9.47. The van der Waals surface area contributed by atoms with Crippen molar-refractivity contribution in [3.05, 3.63) is 59.7 Å². The number of hydrogen-bond acceptors (Lipinski definition) is 5. The predicted octanol–water partition coefficient (Wildman–Crippen LogP) is 3.44. The Bertz CT molecular complexity index is 970. The first-order valence-electron chi connectivity index (χ1n) is 8.03. The normalized spacial score (nSPS) is 12.0. The van der Waals surface area contributed by atoms with Crippen molar-refractivity contribution in [1.29, 1.82) is 0 Å². The highest BCUT2D eigenvalue weighted by Gasteiger charge is 2.17. The summed E-state index contributed by atoms with van der Waals surface area (Å²) in [6, 6.07) is 9.85. The number of sulfonamides is 1. The minimum absolute atomic E-state index is 0.0713. The minimum Gasteiger partial charge on any atom is -0.493 e. The third-order valence-corrected chi connectivity index (χ3v) is 5.58. The number of rotatable bonds is 8. The molecule has 0 atom stereocenters. The summed E-state index contributed by atoms with van der Waals surface area (Å²) in [5, 5.41) is 0. The van der Waals surface area contributed by atoms with Gasteiger partial charge < -0.3 is 9.47 Å². The highest BCUT2D eigenvalue weighted by Crippen LogP contribution is 2.30. The van der Waals surface area contributed by atoms with Crippen LogP contribution in [0.3, 0.4) is 0 Å². The van der Waals surface area contributed by atoms with E-state index in [2.05, 4.69) is 4.74 Å². The second-order valence-electron chi connectivity index (χ2n) is 5.80. The number of allylic oxidation sites excluding steroid dienone is 1. The van der Waals surface area contributed by atoms with E-state index < -0.39 is 16.6 Å². The van der Waals surface area contributed by atoms with Gasteiger partial charge in [-0.05, 0) is 48.0 Å². The van der Waals surface area contributed by atoms with E-state index in [1.54, 1.807) is 6.07 Å². The maximum Gasteiger partial charge on any atom is 0.387 e. The predicted molar refractivity (Wildman–Crippen MR) is 100 cm³/mol. The Morgan fingerprint density at radius 3 is 2.25 bits per heavy atom. The number of ether oxygens (including phenoxy) is 2. The number of alkyl halides is 2. The number of carbonyl (C=O) groups excluding carboxylic acids is 1. The van der Waals surface area contributed by atoms with Crippen LogP contribution in [0.2, 0.25) is 0 Å². The first kappa shape index (κ1) is 21.5. The molecule has 2 aromatic carbocycles. The van der Waals surface area contributed by atoms with Gasteiger partial charge in [0.15, 0.2) is 17.3 Å². The molecule has 2 rings (SSSR count). The number of nitrogens with zero attached hydrogens (tertiary/aromatic N) is 1. The molecule has 28 heavy (non-hydrogen) atoms. The third kappa shape index (κ3) is 5.14. The average molecular weight is 411 g/mol. The lowest BCUT2D eigenvalue weighted by atomic mass is 10.1. The fourth-order valence-corrected chi connectivity index (χ4v) is 3.16. The van der Waals surface area contributed by atoms with Crippen LogP contribution in [0.1, 0.15) is 15.9 Å². The lowest BCUT2D eigenvalue weighted by Crippen LogP contribution is -2.22. The molecule has 0 aliphatic rings. The quantitative estimate of drug-likeness (QED) is 0.492. The molecular weight excluding hydrogens is 392 g/mol. The molecule has 0 fully saturated rings. The van der Waals surface area contributed by atoms with Gasteiger partial charge in [0.25, 0.3) is 0 Å². The third-order valence-electron chi connectivity index (χ3n) is 3.75. The molecule has 0 saturated heterocycles. The van der Waals surface area contributed by atoms with Gasteiger partial charge in [-0.1, -0.05) is 12.1 Å².